The number of hydrogen-bond donors (Lipinski definition) is 2. The number of fused-ring (bicyclic) bond motifs is 1. The van der Waals surface area contributed by atoms with Crippen molar-refractivity contribution in [2.75, 3.05) is 19.5 Å². The maximum Gasteiger partial charge on any atom is 0.309 e. The van der Waals surface area contributed by atoms with Crippen molar-refractivity contribution < 1.29 is 19.4 Å². The first kappa shape index (κ1) is 22.4. The van der Waals surface area contributed by atoms with Gasteiger partial charge >= 0.3 is 5.97 Å². The van der Waals surface area contributed by atoms with Crippen LogP contribution in [-0.2, 0) is 11.3 Å². The second kappa shape index (κ2) is 8.97. The fourth-order valence-corrected chi connectivity index (χ4v) is 5.08. The summed E-state index contributed by atoms with van der Waals surface area (Å²) in [4.78, 5) is 21.1. The van der Waals surface area contributed by atoms with E-state index in [9.17, 15) is 9.90 Å². The minimum absolute atomic E-state index is 0.0700. The topological polar surface area (TPSA) is 98.0 Å². The molecule has 0 unspecified atom stereocenters. The Labute approximate surface area is 195 Å². The monoisotopic (exact) mass is 502 g/mol. The Morgan fingerprint density at radius 3 is 2.91 bits per heavy atom. The van der Waals surface area contributed by atoms with Gasteiger partial charge in [-0.3, -0.25) is 9.20 Å². The minimum atomic E-state index is -0.736. The van der Waals surface area contributed by atoms with Crippen molar-refractivity contribution in [1.82, 2.24) is 14.4 Å². The van der Waals surface area contributed by atoms with Crippen LogP contribution in [0.5, 0.6) is 11.5 Å². The van der Waals surface area contributed by atoms with E-state index in [1.54, 1.807) is 20.4 Å². The lowest BCUT2D eigenvalue weighted by molar-refractivity contribution is -0.150. The molecular formula is C23H27BrN4O4. The molecule has 8 nitrogen and oxygen atoms in total. The van der Waals surface area contributed by atoms with Gasteiger partial charge in [0.15, 0.2) is 5.82 Å². The van der Waals surface area contributed by atoms with E-state index in [0.717, 1.165) is 41.2 Å². The first-order valence-electron chi connectivity index (χ1n) is 10.6. The highest BCUT2D eigenvalue weighted by Gasteiger charge is 2.40. The van der Waals surface area contributed by atoms with Crippen LogP contribution in [0.1, 0.15) is 49.9 Å². The van der Waals surface area contributed by atoms with Gasteiger partial charge in [0, 0.05) is 36.5 Å². The largest absolute Gasteiger partial charge is 0.497 e. The average molecular weight is 503 g/mol. The quantitative estimate of drug-likeness (QED) is 0.475. The standard InChI is InChI=1S/C23H27BrN4O4/c1-23(22(29)30)8-4-5-14(12-23)21-27-19(24)18-20(25-9-10-28(18)21)26-13-15-6-7-16(31-2)11-17(15)32-3/h6-7,9-11,14H,4-5,8,12-13H2,1-3H3,(H,25,26)(H,29,30)/t14-,23+/m1/s1. The molecule has 0 saturated heterocycles. The van der Waals surface area contributed by atoms with Gasteiger partial charge in [-0.15, -0.1) is 0 Å². The number of halogens is 1. The first-order chi connectivity index (χ1) is 15.4. The SMILES string of the molecule is COc1ccc(CNc2nccn3c([C@@H]4CCC[C@](C)(C(=O)O)C4)nc(Br)c23)c(OC)c1. The number of carbonyl (C=O) groups is 1. The van der Waals surface area contributed by atoms with Crippen LogP contribution < -0.4 is 14.8 Å². The molecule has 1 saturated carbocycles. The van der Waals surface area contributed by atoms with Crippen molar-refractivity contribution in [3.8, 4) is 11.5 Å². The Balaban J connectivity index is 1.63. The lowest BCUT2D eigenvalue weighted by atomic mass is 9.70. The summed E-state index contributed by atoms with van der Waals surface area (Å²) >= 11 is 3.60. The predicted molar refractivity (Wildman–Crippen MR) is 125 cm³/mol. The van der Waals surface area contributed by atoms with Gasteiger partial charge in [0.25, 0.3) is 0 Å². The number of nitrogens with one attached hydrogen (secondary N) is 1. The summed E-state index contributed by atoms with van der Waals surface area (Å²) in [7, 11) is 3.25. The summed E-state index contributed by atoms with van der Waals surface area (Å²) in [5, 5.41) is 13.1. The molecule has 32 heavy (non-hydrogen) atoms. The Kier molecular flexibility index (Phi) is 6.28. The van der Waals surface area contributed by atoms with E-state index in [1.165, 1.54) is 0 Å². The van der Waals surface area contributed by atoms with E-state index < -0.39 is 11.4 Å². The van der Waals surface area contributed by atoms with Crippen LogP contribution in [-0.4, -0.2) is 39.7 Å². The van der Waals surface area contributed by atoms with Crippen molar-refractivity contribution >= 4 is 33.2 Å². The molecule has 0 bridgehead atoms. The number of aromatic nitrogens is 3. The number of rotatable bonds is 7. The maximum absolute atomic E-state index is 11.8. The van der Waals surface area contributed by atoms with Gasteiger partial charge in [-0.2, -0.15) is 0 Å². The normalized spacial score (nSPS) is 20.8. The number of benzene rings is 1. The molecule has 3 aromatic rings. The third-order valence-corrected chi connectivity index (χ3v) is 6.89. The molecule has 0 spiro atoms. The Hall–Kier alpha value is -2.81. The molecule has 2 aromatic heterocycles. The zero-order chi connectivity index (χ0) is 22.9. The second-order valence-corrected chi connectivity index (χ2v) is 9.20. The number of hydrogen-bond acceptors (Lipinski definition) is 6. The minimum Gasteiger partial charge on any atom is -0.497 e. The smallest absolute Gasteiger partial charge is 0.309 e. The summed E-state index contributed by atoms with van der Waals surface area (Å²) in [5.41, 5.74) is 1.08. The molecule has 2 N–H and O–H groups in total. The Morgan fingerprint density at radius 1 is 1.38 bits per heavy atom. The van der Waals surface area contributed by atoms with Gasteiger partial charge in [0.05, 0.1) is 19.6 Å². The molecular weight excluding hydrogens is 476 g/mol. The van der Waals surface area contributed by atoms with Crippen molar-refractivity contribution in [3.05, 3.63) is 46.6 Å². The van der Waals surface area contributed by atoms with E-state index in [2.05, 4.69) is 26.2 Å². The van der Waals surface area contributed by atoms with Gasteiger partial charge in [-0.1, -0.05) is 6.42 Å². The van der Waals surface area contributed by atoms with E-state index in [-0.39, 0.29) is 5.92 Å². The van der Waals surface area contributed by atoms with Crippen molar-refractivity contribution in [3.63, 3.8) is 0 Å². The van der Waals surface area contributed by atoms with Crippen LogP contribution in [0.3, 0.4) is 0 Å². The number of carboxylic acids is 1. The van der Waals surface area contributed by atoms with Crippen LogP contribution in [0.25, 0.3) is 5.52 Å². The summed E-state index contributed by atoms with van der Waals surface area (Å²) in [6, 6.07) is 5.69. The Morgan fingerprint density at radius 2 is 2.19 bits per heavy atom. The van der Waals surface area contributed by atoms with Crippen LogP contribution >= 0.6 is 15.9 Å². The molecule has 170 valence electrons. The van der Waals surface area contributed by atoms with E-state index in [1.807, 2.05) is 35.7 Å². The predicted octanol–water partition coefficient (Wildman–Crippen LogP) is 4.87. The van der Waals surface area contributed by atoms with Gasteiger partial charge in [-0.25, -0.2) is 9.97 Å². The number of carboxylic acid groups (broad SMARTS) is 1. The molecule has 1 aromatic carbocycles. The molecule has 0 amide bonds. The molecule has 2 heterocycles. The van der Waals surface area contributed by atoms with Crippen LogP contribution in [0.15, 0.2) is 35.2 Å². The molecule has 2 atom stereocenters. The summed E-state index contributed by atoms with van der Waals surface area (Å²) in [5.74, 6) is 2.35. The lowest BCUT2D eigenvalue weighted by Crippen LogP contribution is -2.33. The van der Waals surface area contributed by atoms with Gasteiger partial charge < -0.3 is 19.9 Å². The highest BCUT2D eigenvalue weighted by molar-refractivity contribution is 9.10. The van der Waals surface area contributed by atoms with E-state index in [0.29, 0.717) is 29.8 Å². The zero-order valence-corrected chi connectivity index (χ0v) is 20.0. The molecule has 1 aliphatic rings. The van der Waals surface area contributed by atoms with Crippen LogP contribution in [0.4, 0.5) is 5.82 Å². The molecule has 1 aliphatic carbocycles. The number of nitrogens with zero attached hydrogens (tertiary/aromatic N) is 3. The number of methoxy groups -OCH3 is 2. The highest BCUT2D eigenvalue weighted by atomic mass is 79.9. The second-order valence-electron chi connectivity index (χ2n) is 8.45. The number of imidazole rings is 1. The zero-order valence-electron chi connectivity index (χ0n) is 18.4. The van der Waals surface area contributed by atoms with Crippen molar-refractivity contribution in [2.45, 2.75) is 45.1 Å². The van der Waals surface area contributed by atoms with Crippen molar-refractivity contribution in [2.24, 2.45) is 5.41 Å². The van der Waals surface area contributed by atoms with E-state index in [4.69, 9.17) is 14.5 Å². The lowest BCUT2D eigenvalue weighted by Gasteiger charge is -2.34. The summed E-state index contributed by atoms with van der Waals surface area (Å²) in [6.45, 7) is 2.34. The first-order valence-corrected chi connectivity index (χ1v) is 11.4. The third-order valence-electron chi connectivity index (χ3n) is 6.34. The maximum atomic E-state index is 11.8. The fourth-order valence-electron chi connectivity index (χ4n) is 4.52. The fraction of sp³-hybridized carbons (Fsp3) is 0.435. The number of aliphatic carboxylic acids is 1. The molecule has 4 rings (SSSR count). The molecule has 0 aliphatic heterocycles. The van der Waals surface area contributed by atoms with Gasteiger partial charge in [-0.05, 0) is 54.2 Å². The summed E-state index contributed by atoms with van der Waals surface area (Å²) < 4.78 is 13.5. The van der Waals surface area contributed by atoms with Crippen LogP contribution in [0, 0.1) is 5.41 Å². The summed E-state index contributed by atoms with van der Waals surface area (Å²) in [6.07, 6.45) is 6.67. The van der Waals surface area contributed by atoms with Gasteiger partial charge in [0.1, 0.15) is 27.4 Å². The molecule has 9 heteroatoms. The average Bonchev–Trinajstić information content (AvgIpc) is 3.14. The Bertz CT molecular complexity index is 1150. The number of anilines is 1. The third kappa shape index (κ3) is 4.13. The van der Waals surface area contributed by atoms with E-state index >= 15 is 0 Å². The number of ether oxygens (including phenoxy) is 2. The van der Waals surface area contributed by atoms with Crippen LogP contribution in [0.2, 0.25) is 0 Å². The van der Waals surface area contributed by atoms with Crippen molar-refractivity contribution in [1.29, 1.82) is 0 Å². The van der Waals surface area contributed by atoms with Gasteiger partial charge in [0.2, 0.25) is 0 Å². The highest BCUT2D eigenvalue weighted by Crippen LogP contribution is 2.44. The molecule has 1 fully saturated rings. The molecule has 0 radical (unpaired) electrons.